The molecule has 1 aromatic heterocycles. The molecule has 2 aliphatic heterocycles. The van der Waals surface area contributed by atoms with Crippen LogP contribution in [0.25, 0.3) is 0 Å². The molecular weight excluding hydrogens is 348 g/mol. The molecule has 1 aromatic carbocycles. The van der Waals surface area contributed by atoms with Crippen LogP contribution in [0.5, 0.6) is 0 Å². The number of carbonyl (C=O) groups is 1. The molecular formula is C23H32N4O. The van der Waals surface area contributed by atoms with E-state index in [2.05, 4.69) is 40.2 Å². The first-order chi connectivity index (χ1) is 13.7. The summed E-state index contributed by atoms with van der Waals surface area (Å²) >= 11 is 0. The van der Waals surface area contributed by atoms with Crippen molar-refractivity contribution in [2.24, 2.45) is 5.41 Å². The summed E-state index contributed by atoms with van der Waals surface area (Å²) < 4.78 is 1.99. The summed E-state index contributed by atoms with van der Waals surface area (Å²) in [5.41, 5.74) is 2.84. The summed E-state index contributed by atoms with van der Waals surface area (Å²) in [4.78, 5) is 17.5. The quantitative estimate of drug-likeness (QED) is 0.772. The van der Waals surface area contributed by atoms with Gasteiger partial charge in [-0.3, -0.25) is 14.4 Å². The van der Waals surface area contributed by atoms with Gasteiger partial charge in [-0.25, -0.2) is 0 Å². The Morgan fingerprint density at radius 3 is 2.75 bits per heavy atom. The van der Waals surface area contributed by atoms with Crippen LogP contribution in [0.15, 0.2) is 42.7 Å². The smallest absolute Gasteiger partial charge is 0.222 e. The first-order valence-electron chi connectivity index (χ1n) is 10.7. The van der Waals surface area contributed by atoms with Gasteiger partial charge in [0.15, 0.2) is 0 Å². The van der Waals surface area contributed by atoms with Crippen molar-refractivity contribution in [3.8, 4) is 0 Å². The molecule has 1 spiro atoms. The van der Waals surface area contributed by atoms with Gasteiger partial charge in [-0.15, -0.1) is 0 Å². The lowest BCUT2D eigenvalue weighted by atomic mass is 9.79. The van der Waals surface area contributed by atoms with Crippen molar-refractivity contribution < 1.29 is 4.79 Å². The van der Waals surface area contributed by atoms with Crippen molar-refractivity contribution in [1.82, 2.24) is 19.6 Å². The number of piperidine rings is 1. The van der Waals surface area contributed by atoms with Gasteiger partial charge >= 0.3 is 0 Å². The predicted octanol–water partition coefficient (Wildman–Crippen LogP) is 3.35. The number of carbonyl (C=O) groups excluding carboxylic acids is 1. The molecule has 1 unspecified atom stereocenters. The highest BCUT2D eigenvalue weighted by Crippen LogP contribution is 2.39. The second kappa shape index (κ2) is 8.48. The molecule has 2 saturated heterocycles. The van der Waals surface area contributed by atoms with E-state index in [1.165, 1.54) is 24.0 Å². The number of hydrogen-bond donors (Lipinski definition) is 0. The van der Waals surface area contributed by atoms with Crippen molar-refractivity contribution in [3.05, 3.63) is 53.9 Å². The number of benzene rings is 1. The highest BCUT2D eigenvalue weighted by atomic mass is 16.2. The molecule has 3 heterocycles. The van der Waals surface area contributed by atoms with E-state index in [9.17, 15) is 4.79 Å². The van der Waals surface area contributed by atoms with E-state index in [1.54, 1.807) is 0 Å². The molecule has 1 atom stereocenters. The summed E-state index contributed by atoms with van der Waals surface area (Å²) in [6, 6.07) is 10.3. The number of likely N-dealkylation sites (tertiary alicyclic amines) is 2. The fourth-order valence-electron chi connectivity index (χ4n) is 4.89. The van der Waals surface area contributed by atoms with E-state index in [0.29, 0.717) is 17.7 Å². The molecule has 150 valence electrons. The van der Waals surface area contributed by atoms with Gasteiger partial charge in [0.25, 0.3) is 0 Å². The minimum absolute atomic E-state index is 0.293. The first kappa shape index (κ1) is 19.2. The fraction of sp³-hybridized carbons (Fsp3) is 0.565. The topological polar surface area (TPSA) is 41.4 Å². The van der Waals surface area contributed by atoms with Crippen LogP contribution in [0, 0.1) is 5.41 Å². The van der Waals surface area contributed by atoms with Crippen molar-refractivity contribution in [2.45, 2.75) is 52.1 Å². The Hall–Kier alpha value is -2.14. The Balaban J connectivity index is 1.31. The maximum Gasteiger partial charge on any atom is 0.222 e. The Bertz CT molecular complexity index is 787. The van der Waals surface area contributed by atoms with Gasteiger partial charge in [0.05, 0.1) is 6.20 Å². The van der Waals surface area contributed by atoms with Crippen LogP contribution in [-0.2, 0) is 24.3 Å². The van der Waals surface area contributed by atoms with Gasteiger partial charge in [-0.2, -0.15) is 5.10 Å². The third-order valence-electron chi connectivity index (χ3n) is 6.42. The molecule has 1 amide bonds. The van der Waals surface area contributed by atoms with Crippen LogP contribution in [0.2, 0.25) is 0 Å². The predicted molar refractivity (Wildman–Crippen MR) is 111 cm³/mol. The summed E-state index contributed by atoms with van der Waals surface area (Å²) in [6.07, 6.45) is 9.22. The van der Waals surface area contributed by atoms with Crippen LogP contribution >= 0.6 is 0 Å². The largest absolute Gasteiger partial charge is 0.342 e. The Labute approximate surface area is 168 Å². The zero-order valence-electron chi connectivity index (χ0n) is 17.0. The zero-order chi connectivity index (χ0) is 19.4. The molecule has 0 bridgehead atoms. The molecule has 2 fully saturated rings. The average molecular weight is 381 g/mol. The maximum absolute atomic E-state index is 12.8. The molecule has 0 saturated carbocycles. The highest BCUT2D eigenvalue weighted by Gasteiger charge is 2.42. The third kappa shape index (κ3) is 4.46. The molecule has 5 nitrogen and oxygen atoms in total. The van der Waals surface area contributed by atoms with E-state index in [-0.39, 0.29) is 0 Å². The molecule has 0 N–H and O–H groups in total. The van der Waals surface area contributed by atoms with Gasteiger partial charge in [0.2, 0.25) is 5.91 Å². The van der Waals surface area contributed by atoms with E-state index < -0.39 is 0 Å². The minimum atomic E-state index is 0.293. The number of aryl methyl sites for hydroxylation is 2. The van der Waals surface area contributed by atoms with Crippen molar-refractivity contribution >= 4 is 5.91 Å². The van der Waals surface area contributed by atoms with Gasteiger partial charge in [-0.05, 0) is 44.7 Å². The molecule has 0 radical (unpaired) electrons. The number of aromatic nitrogens is 2. The molecule has 2 aliphatic rings. The van der Waals surface area contributed by atoms with Crippen LogP contribution in [0.4, 0.5) is 0 Å². The van der Waals surface area contributed by atoms with E-state index >= 15 is 0 Å². The number of nitrogens with zero attached hydrogens (tertiary/aromatic N) is 4. The maximum atomic E-state index is 12.8. The zero-order valence-corrected chi connectivity index (χ0v) is 17.0. The number of amides is 1. The average Bonchev–Trinajstić information content (AvgIpc) is 3.34. The highest BCUT2D eigenvalue weighted by molar-refractivity contribution is 5.76. The SMILES string of the molecule is CCn1cc(CN2CCC3(CCCN(C(=O)CCc4ccccc4)C3)C2)cn1. The van der Waals surface area contributed by atoms with Gasteiger partial charge in [-0.1, -0.05) is 30.3 Å². The number of hydrogen-bond acceptors (Lipinski definition) is 3. The minimum Gasteiger partial charge on any atom is -0.342 e. The summed E-state index contributed by atoms with van der Waals surface area (Å²) in [5.74, 6) is 0.325. The molecule has 28 heavy (non-hydrogen) atoms. The third-order valence-corrected chi connectivity index (χ3v) is 6.42. The number of rotatable bonds is 6. The lowest BCUT2D eigenvalue weighted by Crippen LogP contribution is -2.47. The lowest BCUT2D eigenvalue weighted by molar-refractivity contribution is -0.134. The second-order valence-corrected chi connectivity index (χ2v) is 8.57. The molecule has 5 heteroatoms. The van der Waals surface area contributed by atoms with Crippen molar-refractivity contribution in [3.63, 3.8) is 0 Å². The normalized spacial score (nSPS) is 22.8. The summed E-state index contributed by atoms with van der Waals surface area (Å²) in [7, 11) is 0. The van der Waals surface area contributed by atoms with Crippen molar-refractivity contribution in [2.75, 3.05) is 26.2 Å². The van der Waals surface area contributed by atoms with E-state index in [1.807, 2.05) is 29.1 Å². The van der Waals surface area contributed by atoms with Crippen LogP contribution in [0.3, 0.4) is 0 Å². The van der Waals surface area contributed by atoms with Gasteiger partial charge in [0.1, 0.15) is 0 Å². The second-order valence-electron chi connectivity index (χ2n) is 8.57. The molecule has 0 aliphatic carbocycles. The van der Waals surface area contributed by atoms with Gasteiger partial charge in [0, 0.05) is 56.3 Å². The standard InChI is InChI=1S/C23H32N4O/c1-2-27-17-21(15-24-27)16-25-14-12-23(18-25)11-6-13-26(19-23)22(28)10-9-20-7-4-3-5-8-20/h3-5,7-8,15,17H,2,6,9-14,16,18-19H2,1H3. The van der Waals surface area contributed by atoms with E-state index in [4.69, 9.17) is 0 Å². The monoisotopic (exact) mass is 380 g/mol. The Morgan fingerprint density at radius 1 is 1.11 bits per heavy atom. The summed E-state index contributed by atoms with van der Waals surface area (Å²) in [5, 5.41) is 4.40. The van der Waals surface area contributed by atoms with E-state index in [0.717, 1.165) is 52.1 Å². The molecule has 2 aromatic rings. The van der Waals surface area contributed by atoms with Gasteiger partial charge < -0.3 is 4.90 Å². The van der Waals surface area contributed by atoms with Crippen LogP contribution < -0.4 is 0 Å². The van der Waals surface area contributed by atoms with Crippen molar-refractivity contribution in [1.29, 1.82) is 0 Å². The summed E-state index contributed by atoms with van der Waals surface area (Å²) in [6.45, 7) is 8.11. The lowest BCUT2D eigenvalue weighted by Gasteiger charge is -2.40. The Kier molecular flexibility index (Phi) is 5.81. The van der Waals surface area contributed by atoms with Crippen LogP contribution in [-0.4, -0.2) is 51.7 Å². The molecule has 4 rings (SSSR count). The first-order valence-corrected chi connectivity index (χ1v) is 10.7. The fourth-order valence-corrected chi connectivity index (χ4v) is 4.89. The van der Waals surface area contributed by atoms with Crippen LogP contribution in [0.1, 0.15) is 43.7 Å². The Morgan fingerprint density at radius 2 is 1.96 bits per heavy atom.